The van der Waals surface area contributed by atoms with Crippen LogP contribution in [-0.2, 0) is 0 Å². The lowest BCUT2D eigenvalue weighted by Gasteiger charge is -2.13. The minimum absolute atomic E-state index is 0.235. The second-order valence-corrected chi connectivity index (χ2v) is 4.78. The molecule has 0 aliphatic rings. The molecule has 2 rings (SSSR count). The van der Waals surface area contributed by atoms with Crippen molar-refractivity contribution in [2.75, 3.05) is 10.6 Å². The first kappa shape index (κ1) is 13.4. The Morgan fingerprint density at radius 1 is 1.00 bits per heavy atom. The van der Waals surface area contributed by atoms with E-state index in [1.54, 1.807) is 24.3 Å². The van der Waals surface area contributed by atoms with Crippen molar-refractivity contribution >= 4 is 28.7 Å². The van der Waals surface area contributed by atoms with Gasteiger partial charge in [0.15, 0.2) is 5.11 Å². The van der Waals surface area contributed by atoms with Crippen LogP contribution >= 0.6 is 12.2 Å². The monoisotopic (exact) mass is 272 g/mol. The zero-order valence-corrected chi connectivity index (χ0v) is 11.7. The third-order valence-electron chi connectivity index (χ3n) is 2.98. The second kappa shape index (κ2) is 5.71. The summed E-state index contributed by atoms with van der Waals surface area (Å²) in [4.78, 5) is 0. The van der Waals surface area contributed by atoms with E-state index in [1.165, 1.54) is 11.1 Å². The molecule has 0 unspecified atom stereocenters. The molecule has 0 bridgehead atoms. The fraction of sp³-hybridized carbons (Fsp3) is 0.133. The number of rotatable bonds is 2. The van der Waals surface area contributed by atoms with E-state index >= 15 is 0 Å². The lowest BCUT2D eigenvalue weighted by Crippen LogP contribution is -2.19. The molecular formula is C15H16N2OS. The van der Waals surface area contributed by atoms with Crippen molar-refractivity contribution in [1.82, 2.24) is 0 Å². The first-order valence-electron chi connectivity index (χ1n) is 5.99. The molecule has 0 heterocycles. The van der Waals surface area contributed by atoms with Gasteiger partial charge in [0.05, 0.1) is 0 Å². The zero-order valence-electron chi connectivity index (χ0n) is 10.9. The number of hydrogen-bond donors (Lipinski definition) is 3. The molecule has 3 nitrogen and oxygen atoms in total. The third kappa shape index (κ3) is 3.45. The standard InChI is InChI=1S/C15H16N2OS/c1-10-4-3-5-14(11(10)2)17-15(19)16-12-6-8-13(18)9-7-12/h3-9,18H,1-2H3,(H2,16,17,19). The van der Waals surface area contributed by atoms with Crippen LogP contribution in [0, 0.1) is 13.8 Å². The number of hydrogen-bond acceptors (Lipinski definition) is 2. The number of aryl methyl sites for hydroxylation is 1. The molecule has 2 aromatic carbocycles. The van der Waals surface area contributed by atoms with Gasteiger partial charge < -0.3 is 15.7 Å². The number of phenolic OH excluding ortho intramolecular Hbond substituents is 1. The molecule has 0 aromatic heterocycles. The van der Waals surface area contributed by atoms with Crippen LogP contribution in [0.4, 0.5) is 11.4 Å². The lowest BCUT2D eigenvalue weighted by molar-refractivity contribution is 0.475. The smallest absolute Gasteiger partial charge is 0.175 e. The van der Waals surface area contributed by atoms with Gasteiger partial charge in [-0.05, 0) is 67.5 Å². The zero-order chi connectivity index (χ0) is 13.8. The van der Waals surface area contributed by atoms with Crippen molar-refractivity contribution in [2.24, 2.45) is 0 Å². The summed E-state index contributed by atoms with van der Waals surface area (Å²) in [7, 11) is 0. The normalized spacial score (nSPS) is 10.0. The van der Waals surface area contributed by atoms with Crippen molar-refractivity contribution in [3.05, 3.63) is 53.6 Å². The van der Waals surface area contributed by atoms with Gasteiger partial charge in [0.2, 0.25) is 0 Å². The molecule has 0 amide bonds. The van der Waals surface area contributed by atoms with Crippen LogP contribution in [0.25, 0.3) is 0 Å². The minimum Gasteiger partial charge on any atom is -0.508 e. The van der Waals surface area contributed by atoms with Crippen molar-refractivity contribution in [3.63, 3.8) is 0 Å². The van der Waals surface area contributed by atoms with Gasteiger partial charge in [0.25, 0.3) is 0 Å². The van der Waals surface area contributed by atoms with E-state index in [2.05, 4.69) is 30.5 Å². The highest BCUT2D eigenvalue weighted by atomic mass is 32.1. The number of benzene rings is 2. The fourth-order valence-electron chi connectivity index (χ4n) is 1.72. The van der Waals surface area contributed by atoms with Gasteiger partial charge in [0.1, 0.15) is 5.75 Å². The Morgan fingerprint density at radius 3 is 2.37 bits per heavy atom. The summed E-state index contributed by atoms with van der Waals surface area (Å²) in [5.41, 5.74) is 4.23. The maximum Gasteiger partial charge on any atom is 0.175 e. The highest BCUT2D eigenvalue weighted by Gasteiger charge is 2.03. The molecule has 4 heteroatoms. The van der Waals surface area contributed by atoms with Crippen LogP contribution < -0.4 is 10.6 Å². The maximum atomic E-state index is 9.22. The molecule has 0 spiro atoms. The van der Waals surface area contributed by atoms with Crippen molar-refractivity contribution in [3.8, 4) is 5.75 Å². The molecule has 0 aliphatic heterocycles. The Bertz CT molecular complexity index is 594. The van der Waals surface area contributed by atoms with Gasteiger partial charge in [-0.25, -0.2) is 0 Å². The number of nitrogens with one attached hydrogen (secondary N) is 2. The van der Waals surface area contributed by atoms with Crippen molar-refractivity contribution < 1.29 is 5.11 Å². The van der Waals surface area contributed by atoms with Gasteiger partial charge >= 0.3 is 0 Å². The largest absolute Gasteiger partial charge is 0.508 e. The predicted molar refractivity (Wildman–Crippen MR) is 83.9 cm³/mol. The van der Waals surface area contributed by atoms with E-state index in [-0.39, 0.29) is 5.75 Å². The van der Waals surface area contributed by atoms with Gasteiger partial charge in [-0.3, -0.25) is 0 Å². The van der Waals surface area contributed by atoms with E-state index in [9.17, 15) is 5.11 Å². The van der Waals surface area contributed by atoms with E-state index in [4.69, 9.17) is 12.2 Å². The minimum atomic E-state index is 0.235. The maximum absolute atomic E-state index is 9.22. The molecule has 3 N–H and O–H groups in total. The van der Waals surface area contributed by atoms with E-state index in [0.717, 1.165) is 11.4 Å². The number of anilines is 2. The Balaban J connectivity index is 2.05. The van der Waals surface area contributed by atoms with Crippen molar-refractivity contribution in [1.29, 1.82) is 0 Å². The van der Waals surface area contributed by atoms with E-state index < -0.39 is 0 Å². The van der Waals surface area contributed by atoms with Crippen LogP contribution in [0.3, 0.4) is 0 Å². The Labute approximate surface area is 118 Å². The summed E-state index contributed by atoms with van der Waals surface area (Å²) in [6, 6.07) is 12.8. The summed E-state index contributed by atoms with van der Waals surface area (Å²) < 4.78 is 0. The highest BCUT2D eigenvalue weighted by Crippen LogP contribution is 2.19. The summed E-state index contributed by atoms with van der Waals surface area (Å²) >= 11 is 5.27. The number of aromatic hydroxyl groups is 1. The summed E-state index contributed by atoms with van der Waals surface area (Å²) in [6.07, 6.45) is 0. The van der Waals surface area contributed by atoms with Gasteiger partial charge in [-0.15, -0.1) is 0 Å². The second-order valence-electron chi connectivity index (χ2n) is 4.37. The third-order valence-corrected chi connectivity index (χ3v) is 3.18. The average molecular weight is 272 g/mol. The van der Waals surface area contributed by atoms with E-state index in [0.29, 0.717) is 5.11 Å². The molecule has 0 fully saturated rings. The summed E-state index contributed by atoms with van der Waals surface area (Å²) in [5.74, 6) is 0.235. The first-order valence-corrected chi connectivity index (χ1v) is 6.40. The SMILES string of the molecule is Cc1cccc(NC(=S)Nc2ccc(O)cc2)c1C. The fourth-order valence-corrected chi connectivity index (χ4v) is 1.94. The molecule has 0 saturated carbocycles. The van der Waals surface area contributed by atoms with Crippen LogP contribution in [0.15, 0.2) is 42.5 Å². The highest BCUT2D eigenvalue weighted by molar-refractivity contribution is 7.80. The van der Waals surface area contributed by atoms with Gasteiger partial charge in [-0.1, -0.05) is 12.1 Å². The molecule has 0 atom stereocenters. The van der Waals surface area contributed by atoms with Crippen LogP contribution in [0.2, 0.25) is 0 Å². The van der Waals surface area contributed by atoms with Crippen LogP contribution in [-0.4, -0.2) is 10.2 Å². The van der Waals surface area contributed by atoms with Gasteiger partial charge in [0, 0.05) is 11.4 Å². The van der Waals surface area contributed by atoms with Crippen LogP contribution in [0.1, 0.15) is 11.1 Å². The Hall–Kier alpha value is -2.07. The summed E-state index contributed by atoms with van der Waals surface area (Å²) in [6.45, 7) is 4.12. The number of phenols is 1. The quantitative estimate of drug-likeness (QED) is 0.574. The van der Waals surface area contributed by atoms with Crippen LogP contribution in [0.5, 0.6) is 5.75 Å². The molecular weight excluding hydrogens is 256 g/mol. The molecule has 19 heavy (non-hydrogen) atoms. The Kier molecular flexibility index (Phi) is 4.02. The molecule has 98 valence electrons. The Morgan fingerprint density at radius 2 is 1.68 bits per heavy atom. The first-order chi connectivity index (χ1) is 9.06. The predicted octanol–water partition coefficient (Wildman–Crippen LogP) is 3.82. The van der Waals surface area contributed by atoms with E-state index in [1.807, 2.05) is 12.1 Å². The summed E-state index contributed by atoms with van der Waals surface area (Å²) in [5, 5.41) is 16.0. The average Bonchev–Trinajstić information content (AvgIpc) is 2.38. The van der Waals surface area contributed by atoms with Gasteiger partial charge in [-0.2, -0.15) is 0 Å². The molecule has 0 radical (unpaired) electrons. The van der Waals surface area contributed by atoms with Crippen molar-refractivity contribution in [2.45, 2.75) is 13.8 Å². The molecule has 0 saturated heterocycles. The topological polar surface area (TPSA) is 44.3 Å². The molecule has 2 aromatic rings. The molecule has 0 aliphatic carbocycles. The lowest BCUT2D eigenvalue weighted by atomic mass is 10.1. The number of thiocarbonyl (C=S) groups is 1.